The van der Waals surface area contributed by atoms with Gasteiger partial charge in [-0.3, -0.25) is 0 Å². The number of ether oxygens (including phenoxy) is 1. The maximum atomic E-state index is 11.7. The van der Waals surface area contributed by atoms with Crippen LogP contribution >= 0.6 is 15.9 Å². The molecule has 1 aromatic heterocycles. The van der Waals surface area contributed by atoms with E-state index in [1.807, 2.05) is 0 Å². The third-order valence-electron chi connectivity index (χ3n) is 2.28. The van der Waals surface area contributed by atoms with Crippen molar-refractivity contribution in [1.29, 1.82) is 0 Å². The summed E-state index contributed by atoms with van der Waals surface area (Å²) in [4.78, 5) is 33.5. The zero-order valence-corrected chi connectivity index (χ0v) is 23.7. The van der Waals surface area contributed by atoms with E-state index in [2.05, 4.69) is 20.7 Å². The molecule has 0 saturated heterocycles. The summed E-state index contributed by atoms with van der Waals surface area (Å²) in [6, 6.07) is 0. The topological polar surface area (TPSA) is 92.0 Å². The average Bonchev–Trinajstić information content (AvgIpc) is 2.69. The normalized spacial score (nSPS) is 9.20. The number of furan rings is 1. The van der Waals surface area contributed by atoms with Crippen molar-refractivity contribution in [2.45, 2.75) is 13.8 Å². The number of hydrogen-bond donors (Lipinski definition) is 0. The van der Waals surface area contributed by atoms with E-state index < -0.39 is 62.0 Å². The van der Waals surface area contributed by atoms with Gasteiger partial charge in [0.1, 0.15) is 0 Å². The van der Waals surface area contributed by atoms with Crippen molar-refractivity contribution in [2.24, 2.45) is 0 Å². The van der Waals surface area contributed by atoms with E-state index >= 15 is 0 Å². The molecule has 0 amide bonds. The van der Waals surface area contributed by atoms with Gasteiger partial charge in [0.2, 0.25) is 0 Å². The molecule has 0 unspecified atom stereocenters. The van der Waals surface area contributed by atoms with E-state index in [0.717, 1.165) is 3.07 Å². The predicted octanol–water partition coefficient (Wildman–Crippen LogP) is 0.200. The van der Waals surface area contributed by atoms with Crippen LogP contribution in [0.5, 0.6) is 0 Å². The van der Waals surface area contributed by atoms with Crippen molar-refractivity contribution in [3.8, 4) is 0 Å². The van der Waals surface area contributed by atoms with Gasteiger partial charge in [-0.15, -0.1) is 0 Å². The van der Waals surface area contributed by atoms with E-state index in [9.17, 15) is 14.4 Å². The molecule has 102 valence electrons. The second kappa shape index (κ2) is 8.47. The van der Waals surface area contributed by atoms with Crippen LogP contribution in [0.25, 0.3) is 0 Å². The van der Waals surface area contributed by atoms with Gasteiger partial charge in [-0.2, -0.15) is 0 Å². The molecule has 10 heteroatoms. The Morgan fingerprint density at radius 2 is 1.55 bits per heavy atom. The second-order valence-electron chi connectivity index (χ2n) is 3.71. The predicted molar refractivity (Wildman–Crippen MR) is 60.5 cm³/mol. The van der Waals surface area contributed by atoms with E-state index in [-0.39, 0.29) is 11.7 Å². The molecular weight excluding hydrogens is 713 g/mol. The SMILES string of the molecule is COC(=O)c1oc(Br)[c]([Hg][O]C(C)=O)[c]1[Hg][O]C(C)=O. The van der Waals surface area contributed by atoms with Gasteiger partial charge >= 0.3 is 150 Å². The van der Waals surface area contributed by atoms with Crippen LogP contribution in [0.3, 0.4) is 0 Å². The molecule has 7 nitrogen and oxygen atoms in total. The number of carbonyl (C=O) groups excluding carboxylic acids is 3. The Morgan fingerprint density at radius 3 is 2.00 bits per heavy atom. The first-order valence-electron chi connectivity index (χ1n) is 5.51. The molecule has 0 N–H and O–H groups in total. The Kier molecular flexibility index (Phi) is 7.67. The van der Waals surface area contributed by atoms with Crippen LogP contribution in [0, 0.1) is 0 Å². The van der Waals surface area contributed by atoms with Gasteiger partial charge in [-0.05, 0) is 0 Å². The third kappa shape index (κ3) is 5.10. The van der Waals surface area contributed by atoms with Crippen LogP contribution in [0.1, 0.15) is 24.4 Å². The van der Waals surface area contributed by atoms with Crippen molar-refractivity contribution in [3.05, 3.63) is 10.4 Å². The number of hydrogen-bond acceptors (Lipinski definition) is 7. The molecule has 20 heavy (non-hydrogen) atoms. The first kappa shape index (κ1) is 18.1. The van der Waals surface area contributed by atoms with Gasteiger partial charge in [0.15, 0.2) is 0 Å². The molecule has 0 saturated carbocycles. The molecule has 1 aromatic rings. The van der Waals surface area contributed by atoms with E-state index in [0.29, 0.717) is 7.74 Å². The van der Waals surface area contributed by atoms with Gasteiger partial charge in [0.05, 0.1) is 0 Å². The molecule has 0 bridgehead atoms. The Bertz CT molecular complexity index is 540. The fourth-order valence-corrected chi connectivity index (χ4v) is 18.1. The zero-order valence-electron chi connectivity index (χ0n) is 11.1. The second-order valence-corrected chi connectivity index (χ2v) is 14.4. The summed E-state index contributed by atoms with van der Waals surface area (Å²) in [5.74, 6) is -1.34. The third-order valence-corrected chi connectivity index (χ3v) is 24.8. The number of carbonyl (C=O) groups is 3. The van der Waals surface area contributed by atoms with Crippen molar-refractivity contribution < 1.29 is 78.9 Å². The molecule has 0 aliphatic rings. The van der Waals surface area contributed by atoms with Crippen molar-refractivity contribution in [2.75, 3.05) is 7.11 Å². The molecule has 0 aliphatic carbocycles. The fourth-order valence-electron chi connectivity index (χ4n) is 1.37. The van der Waals surface area contributed by atoms with Crippen LogP contribution in [-0.4, -0.2) is 25.0 Å². The minimum absolute atomic E-state index is 0.0458. The Balaban J connectivity index is 3.12. The number of rotatable bonds is 5. The molecule has 0 aliphatic heterocycles. The average molecular weight is 722 g/mol. The summed E-state index contributed by atoms with van der Waals surface area (Å²) < 4.78 is 21.9. The summed E-state index contributed by atoms with van der Waals surface area (Å²) in [5.41, 5.74) is 0. The summed E-state index contributed by atoms with van der Waals surface area (Å²) in [6.45, 7) is 2.63. The monoisotopic (exact) mass is 724 g/mol. The Morgan fingerprint density at radius 1 is 1.05 bits per heavy atom. The Labute approximate surface area is 149 Å². The van der Waals surface area contributed by atoms with Gasteiger partial charge in [0, 0.05) is 0 Å². The summed E-state index contributed by atoms with van der Waals surface area (Å²) in [6.07, 6.45) is 0. The summed E-state index contributed by atoms with van der Waals surface area (Å²) >= 11 is -1.34. The quantitative estimate of drug-likeness (QED) is 0.317. The van der Waals surface area contributed by atoms with Gasteiger partial charge in [-0.25, -0.2) is 0 Å². The molecule has 0 radical (unpaired) electrons. The Hall–Kier alpha value is 0.0401. The van der Waals surface area contributed by atoms with Crippen LogP contribution in [0.15, 0.2) is 9.09 Å². The summed E-state index contributed by atoms with van der Waals surface area (Å²) in [5, 5.41) is 0. The van der Waals surface area contributed by atoms with Crippen molar-refractivity contribution >= 4 is 40.0 Å². The first-order chi connectivity index (χ1) is 9.36. The first-order valence-corrected chi connectivity index (χ1v) is 16.3. The van der Waals surface area contributed by atoms with Crippen LogP contribution in [0.2, 0.25) is 0 Å². The van der Waals surface area contributed by atoms with Gasteiger partial charge in [0.25, 0.3) is 0 Å². The molecule has 0 fully saturated rings. The van der Waals surface area contributed by atoms with Gasteiger partial charge in [-0.1, -0.05) is 0 Å². The standard InChI is InChI=1S/C6H3BrO3.2C2H4O2.2Hg/c1-9-6(8)4-2-3-5(7)10-4;2*1-2(3)4;;/h1H3;2*1H3,(H,3,4);;/q;;;2*+1/p-2. The maximum absolute atomic E-state index is 11.7. The van der Waals surface area contributed by atoms with E-state index in [1.54, 1.807) is 0 Å². The molecule has 0 aromatic carbocycles. The number of halogens is 1. The zero-order chi connectivity index (χ0) is 15.3. The summed E-state index contributed by atoms with van der Waals surface area (Å²) in [7, 11) is 1.24. The van der Waals surface area contributed by atoms with E-state index in [1.165, 1.54) is 21.0 Å². The van der Waals surface area contributed by atoms with Gasteiger partial charge < -0.3 is 0 Å². The fraction of sp³-hybridized carbons (Fsp3) is 0.300. The van der Waals surface area contributed by atoms with Crippen molar-refractivity contribution in [1.82, 2.24) is 0 Å². The molecule has 1 heterocycles. The molecular formula is C10H9BrHg2O7. The van der Waals surface area contributed by atoms with Crippen LogP contribution in [0.4, 0.5) is 0 Å². The molecule has 1 rings (SSSR count). The number of esters is 1. The van der Waals surface area contributed by atoms with Crippen molar-refractivity contribution in [3.63, 3.8) is 0 Å². The minimum atomic E-state index is -2.32. The number of methoxy groups -OCH3 is 1. The van der Waals surface area contributed by atoms with Crippen LogP contribution < -0.4 is 6.14 Å². The van der Waals surface area contributed by atoms with E-state index in [4.69, 9.17) is 9.71 Å². The van der Waals surface area contributed by atoms with Crippen LogP contribution in [-0.2, 0) is 69.7 Å². The molecule has 0 atom stereocenters. The molecule has 0 spiro atoms.